The van der Waals surface area contributed by atoms with E-state index in [1.54, 1.807) is 0 Å². The molecule has 0 amide bonds. The number of benzene rings is 4. The number of ether oxygens (including phenoxy) is 2. The molecule has 0 unspecified atom stereocenters. The second kappa shape index (κ2) is 11.9. The van der Waals surface area contributed by atoms with E-state index in [2.05, 4.69) is 132 Å². The third-order valence-corrected chi connectivity index (χ3v) is 10.4. The fraction of sp³-hybridized carbons (Fsp3) is 0.467. The van der Waals surface area contributed by atoms with Crippen LogP contribution in [0.25, 0.3) is 0 Å². The Balaban J connectivity index is 1.72. The number of aromatic hydroxyl groups is 2. The minimum Gasteiger partial charge on any atom is -0.507 e. The molecule has 3 aliphatic rings. The van der Waals surface area contributed by atoms with Crippen molar-refractivity contribution >= 4 is 0 Å². The van der Waals surface area contributed by atoms with E-state index >= 15 is 0 Å². The van der Waals surface area contributed by atoms with E-state index < -0.39 is 0 Å². The summed E-state index contributed by atoms with van der Waals surface area (Å²) in [6, 6.07) is 17.7. The van der Waals surface area contributed by atoms with Crippen LogP contribution in [0.1, 0.15) is 150 Å². The van der Waals surface area contributed by atoms with Gasteiger partial charge in [0, 0.05) is 25.7 Å². The first kappa shape index (κ1) is 34.9. The van der Waals surface area contributed by atoms with Crippen molar-refractivity contribution in [2.75, 3.05) is 6.79 Å². The van der Waals surface area contributed by atoms with Crippen molar-refractivity contribution in [3.05, 3.63) is 115 Å². The molecule has 4 aromatic carbocycles. The summed E-state index contributed by atoms with van der Waals surface area (Å²) in [5.74, 6) is 2.24. The van der Waals surface area contributed by atoms with Crippen LogP contribution in [0.5, 0.6) is 23.0 Å². The Bertz CT molecular complexity index is 1790. The van der Waals surface area contributed by atoms with Gasteiger partial charge < -0.3 is 19.7 Å². The molecule has 2 heterocycles. The predicted molar refractivity (Wildman–Crippen MR) is 201 cm³/mol. The average molecular weight is 661 g/mol. The monoisotopic (exact) mass is 660 g/mol. The van der Waals surface area contributed by atoms with Crippen molar-refractivity contribution in [3.63, 3.8) is 0 Å². The van der Waals surface area contributed by atoms with Gasteiger partial charge in [-0.25, -0.2) is 0 Å². The van der Waals surface area contributed by atoms with Gasteiger partial charge in [-0.3, -0.25) is 0 Å². The van der Waals surface area contributed by atoms with Gasteiger partial charge in [0.2, 0.25) is 6.79 Å². The highest BCUT2D eigenvalue weighted by Gasteiger charge is 2.29. The molecule has 260 valence electrons. The first-order valence-electron chi connectivity index (χ1n) is 17.9. The molecular formula is C45H56O4. The Morgan fingerprint density at radius 1 is 0.367 bits per heavy atom. The van der Waals surface area contributed by atoms with Gasteiger partial charge in [-0.1, -0.05) is 132 Å². The van der Waals surface area contributed by atoms with Crippen LogP contribution >= 0.6 is 0 Å². The van der Waals surface area contributed by atoms with Crippen molar-refractivity contribution in [1.29, 1.82) is 0 Å². The maximum atomic E-state index is 12.1. The van der Waals surface area contributed by atoms with E-state index in [1.807, 2.05) is 0 Å². The van der Waals surface area contributed by atoms with E-state index in [1.165, 1.54) is 11.1 Å². The van der Waals surface area contributed by atoms with E-state index in [4.69, 9.17) is 9.47 Å². The third kappa shape index (κ3) is 6.94. The topological polar surface area (TPSA) is 58.9 Å². The summed E-state index contributed by atoms with van der Waals surface area (Å²) < 4.78 is 13.1. The van der Waals surface area contributed by atoms with Crippen LogP contribution in [0.3, 0.4) is 0 Å². The highest BCUT2D eigenvalue weighted by Crippen LogP contribution is 2.44. The summed E-state index contributed by atoms with van der Waals surface area (Å²) in [4.78, 5) is 0. The molecule has 4 nitrogen and oxygen atoms in total. The van der Waals surface area contributed by atoms with E-state index in [9.17, 15) is 10.2 Å². The predicted octanol–water partition coefficient (Wildman–Crippen LogP) is 10.7. The molecule has 7 rings (SSSR count). The molecule has 1 aliphatic carbocycles. The number of hydrogen-bond acceptors (Lipinski definition) is 4. The van der Waals surface area contributed by atoms with E-state index in [0.717, 1.165) is 67.1 Å². The average Bonchev–Trinajstić information content (AvgIpc) is 2.94. The van der Waals surface area contributed by atoms with Gasteiger partial charge in [0.1, 0.15) is 23.0 Å². The van der Waals surface area contributed by atoms with Crippen LogP contribution in [-0.2, 0) is 47.3 Å². The molecule has 0 spiro atoms. The zero-order chi connectivity index (χ0) is 35.8. The smallest absolute Gasteiger partial charge is 0.230 e. The molecule has 0 radical (unpaired) electrons. The Morgan fingerprint density at radius 2 is 0.571 bits per heavy atom. The van der Waals surface area contributed by atoms with Crippen LogP contribution in [0.4, 0.5) is 0 Å². The summed E-state index contributed by atoms with van der Waals surface area (Å²) in [6.45, 7) is 26.9. The van der Waals surface area contributed by atoms with Gasteiger partial charge in [0.15, 0.2) is 0 Å². The third-order valence-electron chi connectivity index (χ3n) is 10.4. The lowest BCUT2D eigenvalue weighted by Gasteiger charge is -2.29. The zero-order valence-electron chi connectivity index (χ0n) is 31.9. The van der Waals surface area contributed by atoms with E-state index in [-0.39, 0.29) is 40.0 Å². The van der Waals surface area contributed by atoms with Crippen molar-refractivity contribution < 1.29 is 19.7 Å². The molecule has 2 N–H and O–H groups in total. The largest absolute Gasteiger partial charge is 0.507 e. The van der Waals surface area contributed by atoms with Gasteiger partial charge in [0.25, 0.3) is 0 Å². The van der Waals surface area contributed by atoms with Crippen LogP contribution in [0, 0.1) is 0 Å². The SMILES string of the molecule is CC(C)(C)c1cc2c(O)c(c1)Cc1cc(C(C)(C)C)cc3c1OCOc1c(cc(C(C)(C)C)cc1C3)Cc1cc(C(C)(C)C)cc(c1O)C2. The van der Waals surface area contributed by atoms with Crippen LogP contribution in [0.15, 0.2) is 48.5 Å². The highest BCUT2D eigenvalue weighted by atomic mass is 16.7. The Morgan fingerprint density at radius 3 is 0.816 bits per heavy atom. The molecule has 0 atom stereocenters. The molecular weight excluding hydrogens is 604 g/mol. The molecule has 4 aromatic rings. The number of phenolic OH excluding ortho intramolecular Hbond substituents is 2. The lowest BCUT2D eigenvalue weighted by Crippen LogP contribution is -2.20. The lowest BCUT2D eigenvalue weighted by atomic mass is 9.79. The Labute approximate surface area is 294 Å². The van der Waals surface area contributed by atoms with Gasteiger partial charge >= 0.3 is 0 Å². The fourth-order valence-corrected chi connectivity index (χ4v) is 7.16. The summed E-state index contributed by atoms with van der Waals surface area (Å²) in [5.41, 5.74) is 12.0. The summed E-state index contributed by atoms with van der Waals surface area (Å²) in [6.07, 6.45) is 2.08. The molecule has 0 saturated heterocycles. The van der Waals surface area contributed by atoms with Crippen molar-refractivity contribution in [2.45, 2.75) is 130 Å². The maximum absolute atomic E-state index is 12.1. The van der Waals surface area contributed by atoms with Crippen LogP contribution in [-0.4, -0.2) is 17.0 Å². The molecule has 0 saturated carbocycles. The quantitative estimate of drug-likeness (QED) is 0.174. The lowest BCUT2D eigenvalue weighted by molar-refractivity contribution is 0.113. The van der Waals surface area contributed by atoms with Crippen LogP contribution in [0.2, 0.25) is 0 Å². The number of hydrogen-bond donors (Lipinski definition) is 2. The highest BCUT2D eigenvalue weighted by molar-refractivity contribution is 5.59. The standard InChI is InChI=1S/C45H56O4/c1-42(2,3)34-17-26-13-27-18-35(43(4,5)6)20-29(39(27)47)15-31-22-37(45(10,11)12)24-33-16-32-23-36(44(7,8)9)21-30(14-28(19-34)38(26)46)40(32)48-25-49-41(31)33/h17-24,46-47H,13-16,25H2,1-12H3. The summed E-state index contributed by atoms with van der Waals surface area (Å²) >= 11 is 0. The zero-order valence-corrected chi connectivity index (χ0v) is 31.9. The van der Waals surface area contributed by atoms with Gasteiger partial charge in [-0.15, -0.1) is 0 Å². The summed E-state index contributed by atoms with van der Waals surface area (Å²) in [7, 11) is 0. The van der Waals surface area contributed by atoms with Gasteiger partial charge in [0.05, 0.1) is 0 Å². The first-order valence-corrected chi connectivity index (χ1v) is 17.9. The number of phenols is 2. The molecule has 10 bridgehead atoms. The summed E-state index contributed by atoms with van der Waals surface area (Å²) in [5, 5.41) is 24.1. The second-order valence-corrected chi connectivity index (χ2v) is 18.6. The molecule has 0 fully saturated rings. The fourth-order valence-electron chi connectivity index (χ4n) is 7.16. The van der Waals surface area contributed by atoms with E-state index in [0.29, 0.717) is 25.7 Å². The van der Waals surface area contributed by atoms with Gasteiger partial charge in [-0.2, -0.15) is 0 Å². The normalized spacial score (nSPS) is 15.0. The van der Waals surface area contributed by atoms with Crippen LogP contribution < -0.4 is 9.47 Å². The second-order valence-electron chi connectivity index (χ2n) is 18.6. The molecule has 49 heavy (non-hydrogen) atoms. The van der Waals surface area contributed by atoms with Crippen molar-refractivity contribution in [1.82, 2.24) is 0 Å². The minimum atomic E-state index is -0.144. The Hall–Kier alpha value is -3.92. The van der Waals surface area contributed by atoms with Crippen molar-refractivity contribution in [2.24, 2.45) is 0 Å². The molecule has 4 heteroatoms. The van der Waals surface area contributed by atoms with Crippen molar-refractivity contribution in [3.8, 4) is 23.0 Å². The first-order chi connectivity index (χ1) is 22.6. The number of fused-ring (bicyclic) bond motifs is 2. The van der Waals surface area contributed by atoms with Gasteiger partial charge in [-0.05, 0) is 88.4 Å². The maximum Gasteiger partial charge on any atom is 0.230 e. The number of rotatable bonds is 0. The minimum absolute atomic E-state index is 0.0717. The molecule has 0 aromatic heterocycles. The Kier molecular flexibility index (Phi) is 8.45. The molecule has 2 aliphatic heterocycles.